The number of aromatic amines is 2. The third kappa shape index (κ3) is 6.05. The molecule has 0 aliphatic carbocycles. The van der Waals surface area contributed by atoms with Gasteiger partial charge in [-0.05, 0) is 61.8 Å². The number of pyridine rings is 1. The maximum Gasteiger partial charge on any atom is 0.417 e. The number of carbonyl (C=O) groups excluding carboxylic acids is 1. The fourth-order valence-electron chi connectivity index (χ4n) is 5.85. The number of nitrogens with zero attached hydrogens (tertiary/aromatic N) is 1. The van der Waals surface area contributed by atoms with Gasteiger partial charge in [-0.15, -0.1) is 0 Å². The van der Waals surface area contributed by atoms with Gasteiger partial charge in [-0.3, -0.25) is 9.59 Å². The van der Waals surface area contributed by atoms with Crippen LogP contribution in [0.2, 0.25) is 0 Å². The highest BCUT2D eigenvalue weighted by Crippen LogP contribution is 2.41. The van der Waals surface area contributed by atoms with Gasteiger partial charge in [0.1, 0.15) is 0 Å². The van der Waals surface area contributed by atoms with E-state index in [-0.39, 0.29) is 16.8 Å². The number of nitrogens with one attached hydrogen (secondary N) is 2. The second-order valence-corrected chi connectivity index (χ2v) is 10.5. The Bertz CT molecular complexity index is 1500. The first-order valence-corrected chi connectivity index (χ1v) is 13.9. The summed E-state index contributed by atoms with van der Waals surface area (Å²) in [5.41, 5.74) is 1.67. The van der Waals surface area contributed by atoms with E-state index in [9.17, 15) is 22.8 Å². The lowest BCUT2D eigenvalue weighted by atomic mass is 9.95. The Labute approximate surface area is 225 Å². The minimum absolute atomic E-state index is 0.0317. The fourth-order valence-corrected chi connectivity index (χ4v) is 5.85. The smallest absolute Gasteiger partial charge is 0.354 e. The highest BCUT2D eigenvalue weighted by atomic mass is 19.4. The number of fused-ring (bicyclic) bond motifs is 3. The minimum atomic E-state index is -4.66. The van der Waals surface area contributed by atoms with Gasteiger partial charge >= 0.3 is 6.18 Å². The molecule has 4 aromatic rings. The van der Waals surface area contributed by atoms with Crippen molar-refractivity contribution in [2.75, 3.05) is 13.1 Å². The number of piperidine rings is 1. The van der Waals surface area contributed by atoms with Gasteiger partial charge in [0, 0.05) is 53.1 Å². The monoisotopic (exact) mass is 537 g/mol. The molecule has 2 aromatic carbocycles. The summed E-state index contributed by atoms with van der Waals surface area (Å²) >= 11 is 0. The van der Waals surface area contributed by atoms with Gasteiger partial charge in [0.2, 0.25) is 11.5 Å². The maximum atomic E-state index is 14.1. The van der Waals surface area contributed by atoms with Crippen molar-refractivity contribution in [2.24, 2.45) is 0 Å². The highest BCUT2D eigenvalue weighted by Gasteiger charge is 2.34. The normalized spacial score (nSPS) is 14.4. The molecule has 5 rings (SSSR count). The van der Waals surface area contributed by atoms with Crippen molar-refractivity contribution in [3.63, 3.8) is 0 Å². The molecule has 1 saturated heterocycles. The molecule has 1 aliphatic rings. The third-order valence-electron chi connectivity index (χ3n) is 7.77. The SMILES string of the molecule is O=C(CCCCCCCc1c(-c2ccccc2)[nH]c2ccc3[nH]c(=O)cc(C(F)(F)F)c3c12)N1CCCCC1. The number of rotatable bonds is 9. The first-order chi connectivity index (χ1) is 18.8. The summed E-state index contributed by atoms with van der Waals surface area (Å²) in [6.45, 7) is 1.76. The summed E-state index contributed by atoms with van der Waals surface area (Å²) in [6, 6.07) is 13.6. The van der Waals surface area contributed by atoms with E-state index < -0.39 is 17.3 Å². The van der Waals surface area contributed by atoms with Gasteiger partial charge in [0.25, 0.3) is 0 Å². The molecule has 1 amide bonds. The number of aromatic nitrogens is 2. The summed E-state index contributed by atoms with van der Waals surface area (Å²) in [4.78, 5) is 32.4. The first-order valence-electron chi connectivity index (χ1n) is 13.9. The van der Waals surface area contributed by atoms with Crippen LogP contribution in [0.5, 0.6) is 0 Å². The van der Waals surface area contributed by atoms with E-state index in [1.807, 2.05) is 35.2 Å². The lowest BCUT2D eigenvalue weighted by molar-refractivity contribution is -0.136. The lowest BCUT2D eigenvalue weighted by Crippen LogP contribution is -2.35. The van der Waals surface area contributed by atoms with Crippen LogP contribution in [0, 0.1) is 0 Å². The number of aryl methyl sites for hydroxylation is 1. The number of hydrogen-bond acceptors (Lipinski definition) is 2. The van der Waals surface area contributed by atoms with Gasteiger partial charge < -0.3 is 14.9 Å². The Morgan fingerprint density at radius 3 is 2.21 bits per heavy atom. The Kier molecular flexibility index (Phi) is 8.10. The van der Waals surface area contributed by atoms with Crippen LogP contribution < -0.4 is 5.56 Å². The van der Waals surface area contributed by atoms with E-state index in [1.165, 1.54) is 12.5 Å². The average molecular weight is 538 g/mol. The van der Waals surface area contributed by atoms with E-state index in [0.29, 0.717) is 29.8 Å². The lowest BCUT2D eigenvalue weighted by Gasteiger charge is -2.26. The highest BCUT2D eigenvalue weighted by molar-refractivity contribution is 6.11. The van der Waals surface area contributed by atoms with E-state index >= 15 is 0 Å². The van der Waals surface area contributed by atoms with Crippen LogP contribution >= 0.6 is 0 Å². The van der Waals surface area contributed by atoms with Crippen molar-refractivity contribution in [3.8, 4) is 11.3 Å². The predicted molar refractivity (Wildman–Crippen MR) is 149 cm³/mol. The van der Waals surface area contributed by atoms with Crippen molar-refractivity contribution in [1.29, 1.82) is 0 Å². The van der Waals surface area contributed by atoms with Gasteiger partial charge in [-0.2, -0.15) is 13.2 Å². The molecular formula is C31H34F3N3O2. The Hall–Kier alpha value is -3.55. The van der Waals surface area contributed by atoms with E-state index in [0.717, 1.165) is 74.9 Å². The largest absolute Gasteiger partial charge is 0.417 e. The van der Waals surface area contributed by atoms with Crippen LogP contribution in [-0.2, 0) is 17.4 Å². The molecule has 1 aliphatic heterocycles. The molecule has 8 heteroatoms. The predicted octanol–water partition coefficient (Wildman–Crippen LogP) is 7.59. The number of carbonyl (C=O) groups is 1. The summed E-state index contributed by atoms with van der Waals surface area (Å²) in [5.74, 6) is 0.256. The molecule has 0 radical (unpaired) electrons. The second kappa shape index (κ2) is 11.7. The van der Waals surface area contributed by atoms with Crippen LogP contribution in [0.1, 0.15) is 68.9 Å². The van der Waals surface area contributed by atoms with Gasteiger partial charge in [0.15, 0.2) is 0 Å². The van der Waals surface area contributed by atoms with Gasteiger partial charge in [-0.1, -0.05) is 49.6 Å². The summed E-state index contributed by atoms with van der Waals surface area (Å²) < 4.78 is 42.3. The second-order valence-electron chi connectivity index (χ2n) is 10.5. The molecule has 0 bridgehead atoms. The number of unbranched alkanes of at least 4 members (excludes halogenated alkanes) is 4. The molecule has 2 aromatic heterocycles. The molecule has 0 saturated carbocycles. The molecule has 1 fully saturated rings. The first kappa shape index (κ1) is 27.0. The molecule has 3 heterocycles. The molecule has 206 valence electrons. The van der Waals surface area contributed by atoms with Crippen LogP contribution in [-0.4, -0.2) is 33.9 Å². The molecule has 5 nitrogen and oxygen atoms in total. The molecule has 0 spiro atoms. The average Bonchev–Trinajstić information content (AvgIpc) is 3.31. The minimum Gasteiger partial charge on any atom is -0.354 e. The number of likely N-dealkylation sites (tertiary alicyclic amines) is 1. The van der Waals surface area contributed by atoms with E-state index in [4.69, 9.17) is 0 Å². The van der Waals surface area contributed by atoms with Gasteiger partial charge in [0.05, 0.1) is 5.56 Å². The van der Waals surface area contributed by atoms with E-state index in [1.54, 1.807) is 6.07 Å². The Morgan fingerprint density at radius 2 is 1.49 bits per heavy atom. The van der Waals surface area contributed by atoms with Crippen LogP contribution in [0.3, 0.4) is 0 Å². The number of benzene rings is 2. The maximum absolute atomic E-state index is 14.1. The van der Waals surface area contributed by atoms with Crippen LogP contribution in [0.25, 0.3) is 33.1 Å². The molecular weight excluding hydrogens is 503 g/mol. The molecule has 2 N–H and O–H groups in total. The van der Waals surface area contributed by atoms with Gasteiger partial charge in [-0.25, -0.2) is 0 Å². The quantitative estimate of drug-likeness (QED) is 0.216. The molecule has 39 heavy (non-hydrogen) atoms. The molecule has 0 atom stereocenters. The van der Waals surface area contributed by atoms with Crippen molar-refractivity contribution in [2.45, 2.75) is 70.4 Å². The Morgan fingerprint density at radius 1 is 0.821 bits per heavy atom. The van der Waals surface area contributed by atoms with Crippen molar-refractivity contribution in [3.05, 3.63) is 70.0 Å². The number of H-pyrrole nitrogens is 2. The molecule has 0 unspecified atom stereocenters. The van der Waals surface area contributed by atoms with Crippen molar-refractivity contribution >= 4 is 27.7 Å². The topological polar surface area (TPSA) is 69.0 Å². The number of halogens is 3. The number of alkyl halides is 3. The Balaban J connectivity index is 1.36. The van der Waals surface area contributed by atoms with E-state index in [2.05, 4.69) is 9.97 Å². The fraction of sp³-hybridized carbons (Fsp3) is 0.419. The van der Waals surface area contributed by atoms with Crippen molar-refractivity contribution in [1.82, 2.24) is 14.9 Å². The van der Waals surface area contributed by atoms with Crippen molar-refractivity contribution < 1.29 is 18.0 Å². The summed E-state index contributed by atoms with van der Waals surface area (Å²) in [5, 5.41) is 0.548. The number of hydrogen-bond donors (Lipinski definition) is 2. The summed E-state index contributed by atoms with van der Waals surface area (Å²) in [6.07, 6.45) is 4.47. The zero-order valence-corrected chi connectivity index (χ0v) is 22.0. The number of amides is 1. The zero-order valence-electron chi connectivity index (χ0n) is 22.0. The standard InChI is InChI=1S/C31H34F3N3O2/c32-31(33,34)23-20-26(38)35-25-17-16-24-28(29(23)25)22(30(36-24)21-12-6-4-7-13-21)14-8-2-1-3-9-15-27(39)37-18-10-5-11-19-37/h4,6-7,12-13,16-17,20,36H,1-3,5,8-11,14-15,18-19H2,(H,35,38). The summed E-state index contributed by atoms with van der Waals surface area (Å²) in [7, 11) is 0. The zero-order chi connectivity index (χ0) is 27.4. The van der Waals surface area contributed by atoms with Crippen LogP contribution in [0.4, 0.5) is 13.2 Å². The third-order valence-corrected chi connectivity index (χ3v) is 7.77. The van der Waals surface area contributed by atoms with Crippen LogP contribution in [0.15, 0.2) is 53.3 Å².